The average molecular weight is 386 g/mol. The maximum absolute atomic E-state index is 12.7. The second-order valence-corrected chi connectivity index (χ2v) is 7.41. The van der Waals surface area contributed by atoms with Crippen LogP contribution in [0.5, 0.6) is 11.5 Å². The number of hydrogen-bond acceptors (Lipinski definition) is 6. The summed E-state index contributed by atoms with van der Waals surface area (Å²) in [5, 5.41) is 12.3. The van der Waals surface area contributed by atoms with Gasteiger partial charge in [-0.25, -0.2) is 4.79 Å². The molecule has 0 saturated carbocycles. The zero-order valence-corrected chi connectivity index (χ0v) is 16.9. The lowest BCUT2D eigenvalue weighted by Gasteiger charge is -2.45. The molecule has 0 unspecified atom stereocenters. The fourth-order valence-corrected chi connectivity index (χ4v) is 3.36. The summed E-state index contributed by atoms with van der Waals surface area (Å²) in [5.74, 6) is -0.254. The standard InChI is InChI=1S/C21H26N2O5/c1-6-21(3,4)23-11-13-8-18(25)19(27-5)9-14(13)16-10-17(24)15(12-22(16)23)20(26)28-7-2/h8-10,12,25H,6-7,11H2,1-5H3. The number of esters is 1. The van der Waals surface area contributed by atoms with Crippen LogP contribution >= 0.6 is 0 Å². The van der Waals surface area contributed by atoms with Crippen molar-refractivity contribution in [2.75, 3.05) is 18.7 Å². The van der Waals surface area contributed by atoms with Crippen molar-refractivity contribution < 1.29 is 19.4 Å². The van der Waals surface area contributed by atoms with E-state index in [0.717, 1.165) is 17.5 Å². The Morgan fingerprint density at radius 3 is 2.57 bits per heavy atom. The van der Waals surface area contributed by atoms with E-state index >= 15 is 0 Å². The Kier molecular flexibility index (Phi) is 5.10. The average Bonchev–Trinajstić information content (AvgIpc) is 2.66. The lowest BCUT2D eigenvalue weighted by atomic mass is 9.95. The molecule has 0 aliphatic carbocycles. The highest BCUT2D eigenvalue weighted by Gasteiger charge is 2.33. The molecule has 0 atom stereocenters. The van der Waals surface area contributed by atoms with Gasteiger partial charge in [-0.05, 0) is 44.9 Å². The van der Waals surface area contributed by atoms with Gasteiger partial charge in [0.1, 0.15) is 5.56 Å². The zero-order chi connectivity index (χ0) is 20.6. The summed E-state index contributed by atoms with van der Waals surface area (Å²) in [7, 11) is 1.48. The molecule has 7 nitrogen and oxygen atoms in total. The molecule has 0 amide bonds. The van der Waals surface area contributed by atoms with Gasteiger partial charge < -0.3 is 19.6 Å². The quantitative estimate of drug-likeness (QED) is 0.796. The lowest BCUT2D eigenvalue weighted by Crippen LogP contribution is -2.52. The highest BCUT2D eigenvalue weighted by atomic mass is 16.5. The van der Waals surface area contributed by atoms with Crippen LogP contribution in [0.1, 0.15) is 50.0 Å². The van der Waals surface area contributed by atoms with Crippen LogP contribution in [0, 0.1) is 0 Å². The molecule has 2 aromatic rings. The molecule has 2 heterocycles. The van der Waals surface area contributed by atoms with Crippen molar-refractivity contribution >= 4 is 5.97 Å². The molecule has 0 radical (unpaired) electrons. The summed E-state index contributed by atoms with van der Waals surface area (Å²) in [4.78, 5) is 24.9. The number of hydrogen-bond donors (Lipinski definition) is 1. The number of pyridine rings is 1. The van der Waals surface area contributed by atoms with Gasteiger partial charge in [-0.1, -0.05) is 6.92 Å². The van der Waals surface area contributed by atoms with Gasteiger partial charge in [0.2, 0.25) is 0 Å². The van der Waals surface area contributed by atoms with Gasteiger partial charge in [0.25, 0.3) is 0 Å². The number of aromatic hydroxyl groups is 1. The second-order valence-electron chi connectivity index (χ2n) is 7.41. The molecule has 1 aliphatic heterocycles. The number of fused-ring (bicyclic) bond motifs is 3. The number of phenolic OH excluding ortho intramolecular Hbond substituents is 1. The topological polar surface area (TPSA) is 81.0 Å². The van der Waals surface area contributed by atoms with Gasteiger partial charge in [-0.15, -0.1) is 0 Å². The normalized spacial score (nSPS) is 13.0. The van der Waals surface area contributed by atoms with E-state index < -0.39 is 11.4 Å². The number of nitrogens with zero attached hydrogens (tertiary/aromatic N) is 2. The molecular formula is C21H26N2O5. The van der Waals surface area contributed by atoms with Crippen molar-refractivity contribution in [2.45, 2.75) is 46.2 Å². The first-order valence-corrected chi connectivity index (χ1v) is 9.35. The van der Waals surface area contributed by atoms with E-state index in [1.165, 1.54) is 13.2 Å². The zero-order valence-electron chi connectivity index (χ0n) is 16.9. The lowest BCUT2D eigenvalue weighted by molar-refractivity contribution is 0.0523. The Morgan fingerprint density at radius 1 is 1.25 bits per heavy atom. The smallest absolute Gasteiger partial charge is 0.343 e. The molecule has 1 aliphatic rings. The Hall–Kier alpha value is -2.96. The van der Waals surface area contributed by atoms with Crippen LogP contribution in [-0.2, 0) is 11.3 Å². The third kappa shape index (κ3) is 3.21. The van der Waals surface area contributed by atoms with Crippen molar-refractivity contribution in [3.05, 3.63) is 45.7 Å². The minimum atomic E-state index is -0.633. The molecule has 1 aromatic heterocycles. The van der Waals surface area contributed by atoms with E-state index in [1.807, 2.05) is 4.68 Å². The van der Waals surface area contributed by atoms with Gasteiger partial charge in [-0.3, -0.25) is 9.47 Å². The number of aromatic nitrogens is 1. The number of benzene rings is 1. The number of rotatable bonds is 5. The van der Waals surface area contributed by atoms with Crippen molar-refractivity contribution in [2.24, 2.45) is 0 Å². The Labute approximate surface area is 164 Å². The van der Waals surface area contributed by atoms with Crippen LogP contribution in [0.2, 0.25) is 0 Å². The second kappa shape index (κ2) is 7.22. The molecule has 0 bridgehead atoms. The Bertz CT molecular complexity index is 977. The summed E-state index contributed by atoms with van der Waals surface area (Å²) in [6.07, 6.45) is 2.39. The number of phenols is 1. The van der Waals surface area contributed by atoms with E-state index in [9.17, 15) is 14.7 Å². The van der Waals surface area contributed by atoms with Gasteiger partial charge in [0.15, 0.2) is 16.9 Å². The van der Waals surface area contributed by atoms with E-state index in [-0.39, 0.29) is 23.5 Å². The fourth-order valence-electron chi connectivity index (χ4n) is 3.36. The van der Waals surface area contributed by atoms with Gasteiger partial charge in [0, 0.05) is 17.8 Å². The van der Waals surface area contributed by atoms with Crippen molar-refractivity contribution in [3.8, 4) is 22.8 Å². The Morgan fingerprint density at radius 2 is 1.96 bits per heavy atom. The summed E-state index contributed by atoms with van der Waals surface area (Å²) < 4.78 is 12.1. The number of carbonyl (C=O) groups is 1. The minimum absolute atomic E-state index is 0.00306. The van der Waals surface area contributed by atoms with E-state index in [2.05, 4.69) is 25.8 Å². The molecule has 3 rings (SSSR count). The predicted molar refractivity (Wildman–Crippen MR) is 107 cm³/mol. The molecule has 28 heavy (non-hydrogen) atoms. The van der Waals surface area contributed by atoms with Crippen LogP contribution in [0.3, 0.4) is 0 Å². The SMILES string of the molecule is CCOC(=O)c1cn2c(cc1=O)-c1cc(OC)c(O)cc1CN2C(C)(C)CC. The first-order chi connectivity index (χ1) is 13.2. The third-order valence-corrected chi connectivity index (χ3v) is 5.35. The van der Waals surface area contributed by atoms with Crippen molar-refractivity contribution in [1.82, 2.24) is 4.68 Å². The molecule has 1 aromatic carbocycles. The van der Waals surface area contributed by atoms with Crippen molar-refractivity contribution in [1.29, 1.82) is 0 Å². The van der Waals surface area contributed by atoms with E-state index in [0.29, 0.717) is 18.0 Å². The number of ether oxygens (including phenoxy) is 2. The summed E-state index contributed by atoms with van der Waals surface area (Å²) >= 11 is 0. The van der Waals surface area contributed by atoms with Gasteiger partial charge >= 0.3 is 5.97 Å². The molecule has 0 fully saturated rings. The summed E-state index contributed by atoms with van der Waals surface area (Å²) in [5.41, 5.74) is 1.63. The van der Waals surface area contributed by atoms with Crippen LogP contribution < -0.4 is 15.2 Å². The predicted octanol–water partition coefficient (Wildman–Crippen LogP) is 3.05. The van der Waals surface area contributed by atoms with Crippen molar-refractivity contribution in [3.63, 3.8) is 0 Å². The van der Waals surface area contributed by atoms with Gasteiger partial charge in [0.05, 0.1) is 31.5 Å². The van der Waals surface area contributed by atoms with Crippen LogP contribution in [-0.4, -0.2) is 35.0 Å². The van der Waals surface area contributed by atoms with Crippen LogP contribution in [0.25, 0.3) is 11.3 Å². The number of carbonyl (C=O) groups excluding carboxylic acids is 1. The summed E-state index contributed by atoms with van der Waals surface area (Å²) in [6.45, 7) is 8.67. The maximum Gasteiger partial charge on any atom is 0.343 e. The molecule has 0 spiro atoms. The first kappa shape index (κ1) is 19.8. The van der Waals surface area contributed by atoms with Crippen LogP contribution in [0.4, 0.5) is 0 Å². The highest BCUT2D eigenvalue weighted by molar-refractivity contribution is 5.89. The van der Waals surface area contributed by atoms with E-state index in [1.54, 1.807) is 25.3 Å². The van der Waals surface area contributed by atoms with E-state index in [4.69, 9.17) is 9.47 Å². The molecule has 150 valence electrons. The number of methoxy groups -OCH3 is 1. The van der Waals surface area contributed by atoms with Crippen LogP contribution in [0.15, 0.2) is 29.2 Å². The highest BCUT2D eigenvalue weighted by Crippen LogP contribution is 2.39. The van der Waals surface area contributed by atoms with Gasteiger partial charge in [-0.2, -0.15) is 0 Å². The first-order valence-electron chi connectivity index (χ1n) is 9.35. The third-order valence-electron chi connectivity index (χ3n) is 5.35. The molecule has 1 N–H and O–H groups in total. The minimum Gasteiger partial charge on any atom is -0.504 e. The molecular weight excluding hydrogens is 360 g/mol. The fraction of sp³-hybridized carbons (Fsp3) is 0.429. The largest absolute Gasteiger partial charge is 0.504 e. The maximum atomic E-state index is 12.7. The molecule has 7 heteroatoms. The summed E-state index contributed by atoms with van der Waals surface area (Å²) in [6, 6.07) is 4.83. The molecule has 0 saturated heterocycles. The Balaban J connectivity index is 2.29. The monoisotopic (exact) mass is 386 g/mol.